The molecule has 0 aromatic heterocycles. The maximum absolute atomic E-state index is 13.0. The van der Waals surface area contributed by atoms with Gasteiger partial charge in [0, 0.05) is 6.54 Å². The number of halogens is 4. The van der Waals surface area contributed by atoms with Crippen molar-refractivity contribution in [2.75, 3.05) is 0 Å². The maximum atomic E-state index is 13.0. The van der Waals surface area contributed by atoms with Gasteiger partial charge in [0.1, 0.15) is 5.82 Å². The van der Waals surface area contributed by atoms with E-state index < -0.39 is 29.6 Å². The normalized spacial score (nSPS) is 12.5. The second-order valence-corrected chi connectivity index (χ2v) is 5.30. The number of carbonyl (C=O) groups is 1. The Morgan fingerprint density at radius 2 is 1.83 bits per heavy atom. The smallest absolute Gasteiger partial charge is 0.334 e. The molecule has 0 heterocycles. The summed E-state index contributed by atoms with van der Waals surface area (Å²) >= 11 is 0. The Kier molecular flexibility index (Phi) is 5.43. The number of carbonyl (C=O) groups excluding carboxylic acids is 1. The van der Waals surface area contributed by atoms with Crippen molar-refractivity contribution >= 4 is 6.03 Å². The van der Waals surface area contributed by atoms with Gasteiger partial charge in [-0.1, -0.05) is 24.3 Å². The van der Waals surface area contributed by atoms with Crippen molar-refractivity contribution in [3.63, 3.8) is 0 Å². The molecule has 0 aliphatic carbocycles. The van der Waals surface area contributed by atoms with Crippen molar-refractivity contribution in [3.8, 4) is 0 Å². The number of hydrogen-bond donors (Lipinski definition) is 2. The van der Waals surface area contributed by atoms with Gasteiger partial charge in [-0.05, 0) is 42.3 Å². The van der Waals surface area contributed by atoms with Gasteiger partial charge in [-0.25, -0.2) is 9.18 Å². The largest absolute Gasteiger partial charge is 0.416 e. The Morgan fingerprint density at radius 3 is 2.50 bits per heavy atom. The first-order valence-electron chi connectivity index (χ1n) is 7.21. The van der Waals surface area contributed by atoms with E-state index in [-0.39, 0.29) is 6.54 Å². The Bertz CT molecular complexity index is 716. The van der Waals surface area contributed by atoms with Gasteiger partial charge in [0.2, 0.25) is 0 Å². The van der Waals surface area contributed by atoms with Crippen LogP contribution in [-0.2, 0) is 12.7 Å². The first kappa shape index (κ1) is 17.8. The van der Waals surface area contributed by atoms with Gasteiger partial charge in [-0.2, -0.15) is 13.2 Å². The predicted molar refractivity (Wildman–Crippen MR) is 81.6 cm³/mol. The van der Waals surface area contributed by atoms with E-state index in [1.165, 1.54) is 30.3 Å². The minimum atomic E-state index is -4.44. The van der Waals surface area contributed by atoms with Crippen LogP contribution in [0.4, 0.5) is 22.4 Å². The topological polar surface area (TPSA) is 41.1 Å². The molecular weight excluding hydrogens is 324 g/mol. The zero-order valence-electron chi connectivity index (χ0n) is 12.8. The summed E-state index contributed by atoms with van der Waals surface area (Å²) in [7, 11) is 0. The summed E-state index contributed by atoms with van der Waals surface area (Å²) in [5, 5.41) is 5.08. The van der Waals surface area contributed by atoms with Crippen LogP contribution in [0, 0.1) is 5.82 Å². The van der Waals surface area contributed by atoms with Gasteiger partial charge in [-0.3, -0.25) is 0 Å². The third kappa shape index (κ3) is 4.97. The van der Waals surface area contributed by atoms with Gasteiger partial charge in [-0.15, -0.1) is 0 Å². The van der Waals surface area contributed by atoms with Crippen LogP contribution in [0.25, 0.3) is 0 Å². The molecule has 2 aromatic carbocycles. The number of benzene rings is 2. The molecule has 2 rings (SSSR count). The van der Waals surface area contributed by atoms with Gasteiger partial charge < -0.3 is 10.6 Å². The molecule has 0 fully saturated rings. The summed E-state index contributed by atoms with van der Waals surface area (Å²) < 4.78 is 51.2. The van der Waals surface area contributed by atoms with Crippen molar-refractivity contribution in [1.29, 1.82) is 0 Å². The fourth-order valence-electron chi connectivity index (χ4n) is 2.14. The second-order valence-electron chi connectivity index (χ2n) is 5.30. The van der Waals surface area contributed by atoms with Gasteiger partial charge in [0.15, 0.2) is 0 Å². The summed E-state index contributed by atoms with van der Waals surface area (Å²) in [5.41, 5.74) is 0.149. The average molecular weight is 340 g/mol. The van der Waals surface area contributed by atoms with Crippen LogP contribution in [0.5, 0.6) is 0 Å². The van der Waals surface area contributed by atoms with E-state index in [1.807, 2.05) is 0 Å². The molecule has 0 bridgehead atoms. The fraction of sp³-hybridized carbons (Fsp3) is 0.235. The second kappa shape index (κ2) is 7.33. The lowest BCUT2D eigenvalue weighted by atomic mass is 10.1. The molecule has 3 nitrogen and oxygen atoms in total. The van der Waals surface area contributed by atoms with E-state index in [1.54, 1.807) is 13.0 Å². The summed E-state index contributed by atoms with van der Waals surface area (Å²) in [6, 6.07) is 9.36. The van der Waals surface area contributed by atoms with E-state index >= 15 is 0 Å². The minimum Gasteiger partial charge on any atom is -0.334 e. The lowest BCUT2D eigenvalue weighted by Gasteiger charge is -2.16. The van der Waals surface area contributed by atoms with Crippen LogP contribution < -0.4 is 10.6 Å². The number of nitrogens with one attached hydrogen (secondary N) is 2. The predicted octanol–water partition coefficient (Wildman–Crippen LogP) is 4.40. The molecule has 0 saturated carbocycles. The summed E-state index contributed by atoms with van der Waals surface area (Å²) in [6.07, 6.45) is -4.44. The molecule has 2 amide bonds. The van der Waals surface area contributed by atoms with Crippen molar-refractivity contribution in [2.24, 2.45) is 0 Å². The molecule has 0 spiro atoms. The third-order valence-corrected chi connectivity index (χ3v) is 3.40. The van der Waals surface area contributed by atoms with Gasteiger partial charge >= 0.3 is 12.2 Å². The zero-order chi connectivity index (χ0) is 17.7. The number of rotatable bonds is 4. The van der Waals surface area contributed by atoms with Crippen molar-refractivity contribution in [3.05, 3.63) is 71.0 Å². The molecule has 1 unspecified atom stereocenters. The maximum Gasteiger partial charge on any atom is 0.416 e. The fourth-order valence-corrected chi connectivity index (χ4v) is 2.14. The standard InChI is InChI=1S/C17H16F4N2O/c1-11(13-5-3-6-14(9-13)17(19,20)21)23-16(24)22-10-12-4-2-7-15(18)8-12/h2-9,11H,10H2,1H3,(H2,22,23,24). The van der Waals surface area contributed by atoms with Gasteiger partial charge in [0.25, 0.3) is 0 Å². The van der Waals surface area contributed by atoms with E-state index in [0.29, 0.717) is 11.1 Å². The first-order chi connectivity index (χ1) is 11.3. The Morgan fingerprint density at radius 1 is 1.12 bits per heavy atom. The van der Waals surface area contributed by atoms with Crippen LogP contribution in [0.3, 0.4) is 0 Å². The van der Waals surface area contributed by atoms with Crippen LogP contribution in [0.15, 0.2) is 48.5 Å². The first-order valence-corrected chi connectivity index (χ1v) is 7.21. The molecule has 0 saturated heterocycles. The van der Waals surface area contributed by atoms with E-state index in [9.17, 15) is 22.4 Å². The van der Waals surface area contributed by atoms with Crippen LogP contribution >= 0.6 is 0 Å². The molecule has 2 N–H and O–H groups in total. The quantitative estimate of drug-likeness (QED) is 0.796. The lowest BCUT2D eigenvalue weighted by Crippen LogP contribution is -2.36. The van der Waals surface area contributed by atoms with Crippen LogP contribution in [0.2, 0.25) is 0 Å². The molecule has 0 aliphatic heterocycles. The summed E-state index contributed by atoms with van der Waals surface area (Å²) in [5.74, 6) is -0.410. The molecule has 0 radical (unpaired) electrons. The van der Waals surface area contributed by atoms with Crippen molar-refractivity contribution in [2.45, 2.75) is 25.7 Å². The Labute approximate surface area is 136 Å². The Balaban J connectivity index is 1.94. The summed E-state index contributed by atoms with van der Waals surface area (Å²) in [6.45, 7) is 1.69. The highest BCUT2D eigenvalue weighted by Crippen LogP contribution is 2.30. The van der Waals surface area contributed by atoms with Gasteiger partial charge in [0.05, 0.1) is 11.6 Å². The van der Waals surface area contributed by atoms with Crippen molar-refractivity contribution < 1.29 is 22.4 Å². The third-order valence-electron chi connectivity index (χ3n) is 3.40. The average Bonchev–Trinajstić information content (AvgIpc) is 2.52. The molecule has 24 heavy (non-hydrogen) atoms. The number of urea groups is 1. The van der Waals surface area contributed by atoms with E-state index in [0.717, 1.165) is 12.1 Å². The number of amides is 2. The highest BCUT2D eigenvalue weighted by Gasteiger charge is 2.30. The molecule has 7 heteroatoms. The molecule has 1 atom stereocenters. The minimum absolute atomic E-state index is 0.110. The Hall–Kier alpha value is -2.57. The summed E-state index contributed by atoms with van der Waals surface area (Å²) in [4.78, 5) is 11.8. The molecule has 2 aromatic rings. The lowest BCUT2D eigenvalue weighted by molar-refractivity contribution is -0.137. The van der Waals surface area contributed by atoms with Crippen LogP contribution in [-0.4, -0.2) is 6.03 Å². The van der Waals surface area contributed by atoms with E-state index in [2.05, 4.69) is 10.6 Å². The molecule has 128 valence electrons. The van der Waals surface area contributed by atoms with Crippen molar-refractivity contribution in [1.82, 2.24) is 10.6 Å². The zero-order valence-corrected chi connectivity index (χ0v) is 12.8. The monoisotopic (exact) mass is 340 g/mol. The SMILES string of the molecule is CC(NC(=O)NCc1cccc(F)c1)c1cccc(C(F)(F)F)c1. The highest BCUT2D eigenvalue weighted by molar-refractivity contribution is 5.74. The van der Waals surface area contributed by atoms with E-state index in [4.69, 9.17) is 0 Å². The highest BCUT2D eigenvalue weighted by atomic mass is 19.4. The number of hydrogen-bond acceptors (Lipinski definition) is 1. The molecular formula is C17H16F4N2O. The van der Waals surface area contributed by atoms with Crippen LogP contribution in [0.1, 0.15) is 29.7 Å². The molecule has 0 aliphatic rings. The number of alkyl halides is 3.